The van der Waals surface area contributed by atoms with Gasteiger partial charge in [-0.25, -0.2) is 0 Å². The highest BCUT2D eigenvalue weighted by atomic mass is 79.9. The lowest BCUT2D eigenvalue weighted by atomic mass is 10.1. The molecule has 0 bridgehead atoms. The smallest absolute Gasteiger partial charge is 0.113 e. The predicted molar refractivity (Wildman–Crippen MR) is 141 cm³/mol. The summed E-state index contributed by atoms with van der Waals surface area (Å²) >= 11 is 15.9. The molecule has 4 aromatic rings. The Hall–Kier alpha value is -1.60. The van der Waals surface area contributed by atoms with Gasteiger partial charge in [0.25, 0.3) is 0 Å². The van der Waals surface area contributed by atoms with E-state index in [4.69, 9.17) is 23.2 Å². The maximum absolute atomic E-state index is 11.0. The standard InChI is InChI=1S/C26H26BrCl2N3O/c1-17(33)26(31-12-10-30(11-13-31)16-18-6-8-22(28)23(29)14-18)32-24-5-3-2-4-20(24)21-15-19(27)7-9-25(21)32/h2-9,14-15,17,26,33H,10-13,16H2,1H3. The molecular formula is C26H26BrCl2N3O. The van der Waals surface area contributed by atoms with Crippen LogP contribution in [0.15, 0.2) is 65.1 Å². The Morgan fingerprint density at radius 3 is 2.33 bits per heavy atom. The maximum atomic E-state index is 11.0. The zero-order valence-electron chi connectivity index (χ0n) is 18.4. The van der Waals surface area contributed by atoms with E-state index in [-0.39, 0.29) is 6.17 Å². The molecule has 0 aliphatic carbocycles. The number of aliphatic hydroxyl groups excluding tert-OH is 1. The van der Waals surface area contributed by atoms with E-state index in [2.05, 4.69) is 72.8 Å². The number of hydrogen-bond acceptors (Lipinski definition) is 3. The van der Waals surface area contributed by atoms with Crippen LogP contribution in [0.4, 0.5) is 0 Å². The summed E-state index contributed by atoms with van der Waals surface area (Å²) in [6.07, 6.45) is -0.657. The molecule has 0 saturated carbocycles. The number of piperazine rings is 1. The van der Waals surface area contributed by atoms with Crippen LogP contribution in [0.5, 0.6) is 0 Å². The molecule has 1 fully saturated rings. The fourth-order valence-electron chi connectivity index (χ4n) is 5.03. The molecule has 2 heterocycles. The Morgan fingerprint density at radius 2 is 1.61 bits per heavy atom. The first-order chi connectivity index (χ1) is 15.9. The molecule has 2 unspecified atom stereocenters. The van der Waals surface area contributed by atoms with Gasteiger partial charge in [0.05, 0.1) is 27.2 Å². The molecule has 7 heteroatoms. The van der Waals surface area contributed by atoms with Gasteiger partial charge in [-0.3, -0.25) is 9.80 Å². The molecular weight excluding hydrogens is 521 g/mol. The number of para-hydroxylation sites is 1. The summed E-state index contributed by atoms with van der Waals surface area (Å²) in [5.41, 5.74) is 3.45. The van der Waals surface area contributed by atoms with Gasteiger partial charge in [-0.1, -0.05) is 63.4 Å². The Morgan fingerprint density at radius 1 is 0.879 bits per heavy atom. The highest BCUT2D eigenvalue weighted by Crippen LogP contribution is 2.36. The number of benzene rings is 3. The van der Waals surface area contributed by atoms with Crippen molar-refractivity contribution in [3.8, 4) is 0 Å². The second-order valence-electron chi connectivity index (χ2n) is 8.76. The molecule has 1 aromatic heterocycles. The highest BCUT2D eigenvalue weighted by molar-refractivity contribution is 9.10. The quantitative estimate of drug-likeness (QED) is 0.307. The van der Waals surface area contributed by atoms with E-state index in [1.165, 1.54) is 10.8 Å². The van der Waals surface area contributed by atoms with E-state index >= 15 is 0 Å². The van der Waals surface area contributed by atoms with E-state index < -0.39 is 6.10 Å². The van der Waals surface area contributed by atoms with E-state index in [1.807, 2.05) is 25.1 Å². The van der Waals surface area contributed by atoms with Crippen molar-refractivity contribution in [3.63, 3.8) is 0 Å². The minimum atomic E-state index is -0.519. The summed E-state index contributed by atoms with van der Waals surface area (Å²) in [5.74, 6) is 0. The first-order valence-corrected chi connectivity index (χ1v) is 12.7. The number of fused-ring (bicyclic) bond motifs is 3. The SMILES string of the molecule is CC(O)C(N1CCN(Cc2ccc(Cl)c(Cl)c2)CC1)n1c2ccccc2c2cc(Br)ccc21. The summed E-state index contributed by atoms with van der Waals surface area (Å²) in [6.45, 7) is 6.33. The molecule has 1 aliphatic rings. The van der Waals surface area contributed by atoms with E-state index in [1.54, 1.807) is 0 Å². The average molecular weight is 547 g/mol. The van der Waals surface area contributed by atoms with Gasteiger partial charge in [0.15, 0.2) is 0 Å². The topological polar surface area (TPSA) is 31.6 Å². The van der Waals surface area contributed by atoms with Crippen molar-refractivity contribution in [2.75, 3.05) is 26.2 Å². The van der Waals surface area contributed by atoms with Crippen molar-refractivity contribution in [1.29, 1.82) is 0 Å². The third-order valence-electron chi connectivity index (χ3n) is 6.54. The third kappa shape index (κ3) is 4.55. The Bertz CT molecular complexity index is 1300. The number of halogens is 3. The molecule has 172 valence electrons. The lowest BCUT2D eigenvalue weighted by Gasteiger charge is -2.41. The van der Waals surface area contributed by atoms with Crippen LogP contribution >= 0.6 is 39.1 Å². The largest absolute Gasteiger partial charge is 0.390 e. The van der Waals surface area contributed by atoms with Crippen LogP contribution in [0.1, 0.15) is 18.7 Å². The van der Waals surface area contributed by atoms with Gasteiger partial charge in [0, 0.05) is 48.0 Å². The molecule has 5 rings (SSSR count). The molecule has 0 spiro atoms. The van der Waals surface area contributed by atoms with Crippen LogP contribution < -0.4 is 0 Å². The first kappa shape index (κ1) is 23.2. The Kier molecular flexibility index (Phi) is 6.72. The van der Waals surface area contributed by atoms with E-state index in [9.17, 15) is 5.11 Å². The molecule has 2 atom stereocenters. The molecule has 1 aliphatic heterocycles. The van der Waals surface area contributed by atoms with Gasteiger partial charge in [-0.15, -0.1) is 0 Å². The molecule has 1 saturated heterocycles. The summed E-state index contributed by atoms with van der Waals surface area (Å²) in [5, 5.41) is 14.5. The van der Waals surface area contributed by atoms with Gasteiger partial charge in [-0.2, -0.15) is 0 Å². The second-order valence-corrected chi connectivity index (χ2v) is 10.5. The number of rotatable bonds is 5. The fraction of sp³-hybridized carbons (Fsp3) is 0.308. The number of hydrogen-bond donors (Lipinski definition) is 1. The minimum absolute atomic E-state index is 0.138. The monoisotopic (exact) mass is 545 g/mol. The van der Waals surface area contributed by atoms with Crippen molar-refractivity contribution in [2.45, 2.75) is 25.7 Å². The normalized spacial score (nSPS) is 17.6. The zero-order chi connectivity index (χ0) is 23.1. The van der Waals surface area contributed by atoms with Crippen LogP contribution in [0, 0.1) is 0 Å². The highest BCUT2D eigenvalue weighted by Gasteiger charge is 2.30. The lowest BCUT2D eigenvalue weighted by Crippen LogP contribution is -2.50. The van der Waals surface area contributed by atoms with Gasteiger partial charge in [-0.05, 0) is 48.9 Å². The summed E-state index contributed by atoms with van der Waals surface area (Å²) in [4.78, 5) is 4.84. The van der Waals surface area contributed by atoms with Crippen LogP contribution in [-0.2, 0) is 6.54 Å². The first-order valence-electron chi connectivity index (χ1n) is 11.2. The summed E-state index contributed by atoms with van der Waals surface area (Å²) < 4.78 is 3.37. The predicted octanol–water partition coefficient (Wildman–Crippen LogP) is 6.56. The van der Waals surface area contributed by atoms with Gasteiger partial charge >= 0.3 is 0 Å². The Labute approximate surface area is 212 Å². The van der Waals surface area contributed by atoms with Gasteiger partial charge in [0.1, 0.15) is 6.17 Å². The van der Waals surface area contributed by atoms with Crippen LogP contribution in [-0.4, -0.2) is 51.8 Å². The molecule has 0 radical (unpaired) electrons. The Balaban J connectivity index is 1.42. The molecule has 1 N–H and O–H groups in total. The van der Waals surface area contributed by atoms with Crippen molar-refractivity contribution < 1.29 is 5.11 Å². The molecule has 4 nitrogen and oxygen atoms in total. The molecule has 3 aromatic carbocycles. The van der Waals surface area contributed by atoms with Gasteiger partial charge in [0.2, 0.25) is 0 Å². The molecule has 33 heavy (non-hydrogen) atoms. The third-order valence-corrected chi connectivity index (χ3v) is 7.77. The van der Waals surface area contributed by atoms with Gasteiger partial charge < -0.3 is 9.67 Å². The van der Waals surface area contributed by atoms with E-state index in [0.29, 0.717) is 10.0 Å². The summed E-state index contributed by atoms with van der Waals surface area (Å²) in [7, 11) is 0. The second kappa shape index (κ2) is 9.57. The van der Waals surface area contributed by atoms with Crippen molar-refractivity contribution in [1.82, 2.24) is 14.4 Å². The zero-order valence-corrected chi connectivity index (χ0v) is 21.5. The van der Waals surface area contributed by atoms with Crippen LogP contribution in [0.2, 0.25) is 10.0 Å². The minimum Gasteiger partial charge on any atom is -0.390 e. The summed E-state index contributed by atoms with van der Waals surface area (Å²) in [6, 6.07) is 20.7. The van der Waals surface area contributed by atoms with Crippen LogP contribution in [0.25, 0.3) is 21.8 Å². The van der Waals surface area contributed by atoms with Crippen molar-refractivity contribution in [2.24, 2.45) is 0 Å². The average Bonchev–Trinajstić information content (AvgIpc) is 3.11. The van der Waals surface area contributed by atoms with Crippen molar-refractivity contribution >= 4 is 60.9 Å². The number of nitrogens with zero attached hydrogens (tertiary/aromatic N) is 3. The maximum Gasteiger partial charge on any atom is 0.113 e. The molecule has 0 amide bonds. The lowest BCUT2D eigenvalue weighted by molar-refractivity contribution is -0.00679. The van der Waals surface area contributed by atoms with E-state index in [0.717, 1.165) is 53.8 Å². The number of aliphatic hydroxyl groups is 1. The van der Waals surface area contributed by atoms with Crippen LogP contribution in [0.3, 0.4) is 0 Å². The fourth-order valence-corrected chi connectivity index (χ4v) is 5.71. The number of aromatic nitrogens is 1. The van der Waals surface area contributed by atoms with Crippen molar-refractivity contribution in [3.05, 3.63) is 80.7 Å².